The summed E-state index contributed by atoms with van der Waals surface area (Å²) in [6.07, 6.45) is -2.46. The summed E-state index contributed by atoms with van der Waals surface area (Å²) in [7, 11) is 0. The first kappa shape index (κ1) is 19.2. The molecule has 1 unspecified atom stereocenters. The highest BCUT2D eigenvalue weighted by molar-refractivity contribution is 8.00. The summed E-state index contributed by atoms with van der Waals surface area (Å²) in [4.78, 5) is 16.3. The number of halogens is 3. The summed E-state index contributed by atoms with van der Waals surface area (Å²) >= 11 is 1.18. The smallest absolute Gasteiger partial charge is 0.417 e. The van der Waals surface area contributed by atoms with E-state index in [4.69, 9.17) is 0 Å². The first-order valence-electron chi connectivity index (χ1n) is 8.26. The number of carboxylic acid groups (broad SMARTS) is 1. The minimum atomic E-state index is -4.46. The molecule has 1 aromatic heterocycles. The van der Waals surface area contributed by atoms with Crippen LogP contribution in [0.4, 0.5) is 13.2 Å². The number of hydrogen-bond acceptors (Lipinski definition) is 3. The topological polar surface area (TPSA) is 50.2 Å². The molecule has 140 valence electrons. The van der Waals surface area contributed by atoms with E-state index in [-0.39, 0.29) is 5.56 Å². The molecule has 0 spiro atoms. The molecular formula is C20H16F3NO2S. The number of pyridine rings is 1. The van der Waals surface area contributed by atoms with Crippen LogP contribution < -0.4 is 0 Å². The average Bonchev–Trinajstić information content (AvgIpc) is 2.64. The van der Waals surface area contributed by atoms with Gasteiger partial charge in [-0.2, -0.15) is 13.2 Å². The maximum absolute atomic E-state index is 13.4. The zero-order valence-electron chi connectivity index (χ0n) is 14.3. The van der Waals surface area contributed by atoms with E-state index in [9.17, 15) is 23.1 Å². The van der Waals surface area contributed by atoms with E-state index in [0.717, 1.165) is 6.07 Å². The quantitative estimate of drug-likeness (QED) is 0.552. The van der Waals surface area contributed by atoms with Crippen molar-refractivity contribution in [1.82, 2.24) is 4.98 Å². The van der Waals surface area contributed by atoms with Crippen LogP contribution in [-0.2, 0) is 11.0 Å². The SMILES string of the molecule is CCC(Sc1ccnc2ccc(-c3ccccc3C(F)(F)F)cc12)C(=O)O. The lowest BCUT2D eigenvalue weighted by atomic mass is 9.98. The van der Waals surface area contributed by atoms with E-state index in [2.05, 4.69) is 4.98 Å². The summed E-state index contributed by atoms with van der Waals surface area (Å²) < 4.78 is 40.1. The summed E-state index contributed by atoms with van der Waals surface area (Å²) in [6, 6.07) is 12.0. The maximum atomic E-state index is 13.4. The van der Waals surface area contributed by atoms with Crippen molar-refractivity contribution in [2.75, 3.05) is 0 Å². The number of alkyl halides is 3. The molecule has 0 saturated heterocycles. The Morgan fingerprint density at radius 3 is 2.59 bits per heavy atom. The molecule has 0 aliphatic heterocycles. The van der Waals surface area contributed by atoms with Gasteiger partial charge in [0.2, 0.25) is 0 Å². The third-order valence-electron chi connectivity index (χ3n) is 4.16. The van der Waals surface area contributed by atoms with Crippen molar-refractivity contribution in [2.24, 2.45) is 0 Å². The van der Waals surface area contributed by atoms with Crippen LogP contribution in [0.3, 0.4) is 0 Å². The lowest BCUT2D eigenvalue weighted by Gasteiger charge is -2.15. The van der Waals surface area contributed by atoms with Gasteiger partial charge in [-0.05, 0) is 41.8 Å². The molecule has 0 aliphatic rings. The van der Waals surface area contributed by atoms with Gasteiger partial charge in [0.15, 0.2) is 0 Å². The molecule has 7 heteroatoms. The monoisotopic (exact) mass is 391 g/mol. The normalized spacial score (nSPS) is 12.9. The second-order valence-electron chi connectivity index (χ2n) is 5.94. The summed E-state index contributed by atoms with van der Waals surface area (Å²) in [5.41, 5.74) is 0.388. The molecule has 0 aliphatic carbocycles. The molecule has 0 amide bonds. The third-order valence-corrected chi connectivity index (χ3v) is 5.59. The van der Waals surface area contributed by atoms with Gasteiger partial charge >= 0.3 is 12.1 Å². The molecule has 27 heavy (non-hydrogen) atoms. The molecule has 3 rings (SSSR count). The van der Waals surface area contributed by atoms with E-state index in [1.807, 2.05) is 0 Å². The predicted molar refractivity (Wildman–Crippen MR) is 99.8 cm³/mol. The second kappa shape index (κ2) is 7.60. The lowest BCUT2D eigenvalue weighted by molar-refractivity contribution is -0.137. The Bertz CT molecular complexity index is 988. The molecular weight excluding hydrogens is 375 g/mol. The van der Waals surface area contributed by atoms with Crippen LogP contribution in [-0.4, -0.2) is 21.3 Å². The predicted octanol–water partition coefficient (Wildman–Crippen LogP) is 5.88. The van der Waals surface area contributed by atoms with Crippen LogP contribution in [0.25, 0.3) is 22.0 Å². The van der Waals surface area contributed by atoms with E-state index in [0.29, 0.717) is 27.8 Å². The van der Waals surface area contributed by atoms with Gasteiger partial charge in [-0.1, -0.05) is 31.2 Å². The van der Waals surface area contributed by atoms with Crippen LogP contribution in [0.1, 0.15) is 18.9 Å². The highest BCUT2D eigenvalue weighted by Gasteiger charge is 2.33. The van der Waals surface area contributed by atoms with Crippen LogP contribution in [0.5, 0.6) is 0 Å². The Labute approximate surface area is 158 Å². The van der Waals surface area contributed by atoms with Gasteiger partial charge in [-0.3, -0.25) is 9.78 Å². The molecule has 2 aromatic carbocycles. The highest BCUT2D eigenvalue weighted by atomic mass is 32.2. The van der Waals surface area contributed by atoms with Gasteiger partial charge in [-0.25, -0.2) is 0 Å². The fourth-order valence-corrected chi connectivity index (χ4v) is 3.84. The van der Waals surface area contributed by atoms with Gasteiger partial charge in [0.05, 0.1) is 11.1 Å². The van der Waals surface area contributed by atoms with Crippen LogP contribution in [0, 0.1) is 0 Å². The fraction of sp³-hybridized carbons (Fsp3) is 0.200. The first-order valence-corrected chi connectivity index (χ1v) is 9.14. The van der Waals surface area contributed by atoms with Crippen LogP contribution >= 0.6 is 11.8 Å². The number of rotatable bonds is 5. The van der Waals surface area contributed by atoms with Crippen molar-refractivity contribution in [2.45, 2.75) is 29.7 Å². The fourth-order valence-electron chi connectivity index (χ4n) is 2.83. The molecule has 0 fully saturated rings. The van der Waals surface area contributed by atoms with E-state index >= 15 is 0 Å². The Morgan fingerprint density at radius 2 is 1.93 bits per heavy atom. The number of carbonyl (C=O) groups is 1. The average molecular weight is 391 g/mol. The Kier molecular flexibility index (Phi) is 5.41. The lowest BCUT2D eigenvalue weighted by Crippen LogP contribution is -2.14. The number of aliphatic carboxylic acids is 1. The van der Waals surface area contributed by atoms with E-state index < -0.39 is 23.0 Å². The third kappa shape index (κ3) is 4.08. The van der Waals surface area contributed by atoms with Crippen molar-refractivity contribution in [3.8, 4) is 11.1 Å². The highest BCUT2D eigenvalue weighted by Crippen LogP contribution is 2.39. The first-order chi connectivity index (χ1) is 12.8. The van der Waals surface area contributed by atoms with E-state index in [1.54, 1.807) is 43.5 Å². The number of thioether (sulfide) groups is 1. The van der Waals surface area contributed by atoms with Crippen LogP contribution in [0.15, 0.2) is 59.6 Å². The Hall–Kier alpha value is -2.54. The van der Waals surface area contributed by atoms with Gasteiger partial charge in [0.25, 0.3) is 0 Å². The molecule has 1 atom stereocenters. The number of aromatic nitrogens is 1. The summed E-state index contributed by atoms with van der Waals surface area (Å²) in [5.74, 6) is -0.925. The standard InChI is InChI=1S/C20H16F3NO2S/c1-2-17(19(25)26)27-18-9-10-24-16-8-7-12(11-14(16)18)13-5-3-4-6-15(13)20(21,22)23/h3-11,17H,2H2,1H3,(H,25,26). The van der Waals surface area contributed by atoms with Gasteiger partial charge in [-0.15, -0.1) is 11.8 Å². The minimum Gasteiger partial charge on any atom is -0.480 e. The maximum Gasteiger partial charge on any atom is 0.417 e. The number of nitrogens with zero attached hydrogens (tertiary/aromatic N) is 1. The van der Waals surface area contributed by atoms with Crippen molar-refractivity contribution in [1.29, 1.82) is 0 Å². The number of hydrogen-bond donors (Lipinski definition) is 1. The molecule has 1 heterocycles. The zero-order valence-corrected chi connectivity index (χ0v) is 15.1. The van der Waals surface area contributed by atoms with Crippen molar-refractivity contribution < 1.29 is 23.1 Å². The van der Waals surface area contributed by atoms with Crippen molar-refractivity contribution in [3.63, 3.8) is 0 Å². The molecule has 3 nitrogen and oxygen atoms in total. The van der Waals surface area contributed by atoms with Crippen molar-refractivity contribution in [3.05, 3.63) is 60.3 Å². The molecule has 0 radical (unpaired) electrons. The van der Waals surface area contributed by atoms with Crippen molar-refractivity contribution >= 4 is 28.6 Å². The zero-order chi connectivity index (χ0) is 19.6. The molecule has 1 N–H and O–H groups in total. The molecule has 0 bridgehead atoms. The molecule has 0 saturated carbocycles. The number of benzene rings is 2. The number of fused-ring (bicyclic) bond motifs is 1. The number of carboxylic acids is 1. The van der Waals surface area contributed by atoms with Gasteiger partial charge in [0, 0.05) is 16.5 Å². The van der Waals surface area contributed by atoms with Gasteiger partial charge < -0.3 is 5.11 Å². The Morgan fingerprint density at radius 1 is 1.19 bits per heavy atom. The largest absolute Gasteiger partial charge is 0.480 e. The molecule has 3 aromatic rings. The second-order valence-corrected chi connectivity index (χ2v) is 7.18. The Balaban J connectivity index is 2.13. The van der Waals surface area contributed by atoms with Crippen LogP contribution in [0.2, 0.25) is 0 Å². The minimum absolute atomic E-state index is 0.0805. The van der Waals surface area contributed by atoms with Gasteiger partial charge in [0.1, 0.15) is 5.25 Å². The van der Waals surface area contributed by atoms with E-state index in [1.165, 1.54) is 23.9 Å². The summed E-state index contributed by atoms with van der Waals surface area (Å²) in [5, 5.41) is 9.30. The summed E-state index contributed by atoms with van der Waals surface area (Å²) in [6.45, 7) is 1.78.